The van der Waals surface area contributed by atoms with Crippen molar-refractivity contribution in [2.45, 2.75) is 6.54 Å². The first-order valence-corrected chi connectivity index (χ1v) is 6.80. The molecule has 0 saturated heterocycles. The van der Waals surface area contributed by atoms with E-state index in [1.54, 1.807) is 17.2 Å². The van der Waals surface area contributed by atoms with Crippen LogP contribution < -0.4 is 5.32 Å². The number of anilines is 1. The fraction of sp³-hybridized carbons (Fsp3) is 0.0833. The number of thiazole rings is 1. The van der Waals surface area contributed by atoms with Crippen LogP contribution in [-0.2, 0) is 6.54 Å². The molecule has 19 heavy (non-hydrogen) atoms. The van der Waals surface area contributed by atoms with Gasteiger partial charge in [0.1, 0.15) is 22.0 Å². The maximum atomic E-state index is 5.86. The maximum Gasteiger partial charge on any atom is 0.138 e. The van der Waals surface area contributed by atoms with Crippen LogP contribution in [0.3, 0.4) is 0 Å². The van der Waals surface area contributed by atoms with Gasteiger partial charge in [0.25, 0.3) is 0 Å². The van der Waals surface area contributed by atoms with Crippen LogP contribution >= 0.6 is 22.9 Å². The molecule has 1 aromatic carbocycles. The first-order valence-electron chi connectivity index (χ1n) is 5.61. The highest BCUT2D eigenvalue weighted by Crippen LogP contribution is 2.22. The highest BCUT2D eigenvalue weighted by molar-refractivity contribution is 7.15. The van der Waals surface area contributed by atoms with Crippen LogP contribution in [-0.4, -0.2) is 19.7 Å². The maximum absolute atomic E-state index is 5.86. The summed E-state index contributed by atoms with van der Waals surface area (Å²) in [5.74, 6) is 0. The zero-order valence-electron chi connectivity index (χ0n) is 9.82. The van der Waals surface area contributed by atoms with Crippen molar-refractivity contribution in [1.82, 2.24) is 19.7 Å². The zero-order chi connectivity index (χ0) is 13.1. The van der Waals surface area contributed by atoms with Gasteiger partial charge >= 0.3 is 0 Å². The van der Waals surface area contributed by atoms with Crippen molar-refractivity contribution >= 4 is 28.6 Å². The highest BCUT2D eigenvalue weighted by Gasteiger charge is 2.05. The molecule has 5 nitrogen and oxygen atoms in total. The Hall–Kier alpha value is -1.92. The number of nitrogens with one attached hydrogen (secondary N) is 1. The van der Waals surface area contributed by atoms with Crippen LogP contribution in [0.2, 0.25) is 4.34 Å². The van der Waals surface area contributed by atoms with Crippen molar-refractivity contribution in [2.24, 2.45) is 0 Å². The van der Waals surface area contributed by atoms with Gasteiger partial charge in [0.2, 0.25) is 0 Å². The van der Waals surface area contributed by atoms with Crippen molar-refractivity contribution in [2.75, 3.05) is 5.32 Å². The standard InChI is InChI=1S/C12H10ClN5S/c13-11-5-16-12(19-11)6-15-9-3-1-2-4-10(9)18-8-14-7-17-18/h1-5,7-8,15H,6H2. The van der Waals surface area contributed by atoms with Crippen molar-refractivity contribution in [1.29, 1.82) is 0 Å². The molecule has 7 heteroatoms. The molecule has 0 radical (unpaired) electrons. The van der Waals surface area contributed by atoms with Gasteiger partial charge in [0, 0.05) is 0 Å². The molecule has 0 fully saturated rings. The molecule has 0 aliphatic rings. The number of hydrogen-bond donors (Lipinski definition) is 1. The predicted octanol–water partition coefficient (Wildman–Crippen LogP) is 2.99. The lowest BCUT2D eigenvalue weighted by molar-refractivity contribution is 0.877. The molecular weight excluding hydrogens is 282 g/mol. The van der Waals surface area contributed by atoms with Gasteiger partial charge in [0.05, 0.1) is 24.1 Å². The minimum atomic E-state index is 0.628. The molecule has 3 aromatic rings. The molecule has 0 spiro atoms. The Morgan fingerprint density at radius 2 is 2.21 bits per heavy atom. The van der Waals surface area contributed by atoms with E-state index in [9.17, 15) is 0 Å². The number of aromatic nitrogens is 4. The summed E-state index contributed by atoms with van der Waals surface area (Å²) < 4.78 is 2.42. The van der Waals surface area contributed by atoms with Gasteiger partial charge in [-0.05, 0) is 12.1 Å². The van der Waals surface area contributed by atoms with Gasteiger partial charge < -0.3 is 5.32 Å². The minimum Gasteiger partial charge on any atom is -0.377 e. The minimum absolute atomic E-state index is 0.628. The summed E-state index contributed by atoms with van der Waals surface area (Å²) in [6.07, 6.45) is 4.84. The van der Waals surface area contributed by atoms with E-state index in [0.29, 0.717) is 10.9 Å². The number of benzene rings is 1. The van der Waals surface area contributed by atoms with Crippen molar-refractivity contribution in [3.05, 3.63) is 52.5 Å². The van der Waals surface area contributed by atoms with E-state index in [0.717, 1.165) is 16.4 Å². The van der Waals surface area contributed by atoms with Crippen molar-refractivity contribution in [3.8, 4) is 5.69 Å². The second-order valence-electron chi connectivity index (χ2n) is 3.77. The Kier molecular flexibility index (Phi) is 3.43. The van der Waals surface area contributed by atoms with Crippen LogP contribution in [0.4, 0.5) is 5.69 Å². The Bertz CT molecular complexity index is 664. The number of rotatable bonds is 4. The molecule has 1 N–H and O–H groups in total. The average molecular weight is 292 g/mol. The molecule has 0 bridgehead atoms. The van der Waals surface area contributed by atoms with Gasteiger partial charge in [-0.25, -0.2) is 14.6 Å². The van der Waals surface area contributed by atoms with E-state index in [-0.39, 0.29) is 0 Å². The Morgan fingerprint density at radius 3 is 2.95 bits per heavy atom. The van der Waals surface area contributed by atoms with E-state index in [2.05, 4.69) is 20.4 Å². The first-order chi connectivity index (χ1) is 9.33. The lowest BCUT2D eigenvalue weighted by Gasteiger charge is -2.10. The van der Waals surface area contributed by atoms with Crippen LogP contribution in [0.5, 0.6) is 0 Å². The summed E-state index contributed by atoms with van der Waals surface area (Å²) >= 11 is 7.33. The van der Waals surface area contributed by atoms with Crippen LogP contribution in [0.25, 0.3) is 5.69 Å². The molecule has 2 heterocycles. The Morgan fingerprint density at radius 1 is 1.32 bits per heavy atom. The van der Waals surface area contributed by atoms with Crippen LogP contribution in [0.15, 0.2) is 43.1 Å². The smallest absolute Gasteiger partial charge is 0.138 e. The van der Waals surface area contributed by atoms with Crippen molar-refractivity contribution < 1.29 is 0 Å². The molecule has 96 valence electrons. The van der Waals surface area contributed by atoms with Gasteiger partial charge in [0.15, 0.2) is 0 Å². The van der Waals surface area contributed by atoms with E-state index >= 15 is 0 Å². The predicted molar refractivity (Wildman–Crippen MR) is 75.8 cm³/mol. The number of para-hydroxylation sites is 2. The fourth-order valence-electron chi connectivity index (χ4n) is 1.70. The van der Waals surface area contributed by atoms with E-state index in [1.807, 2.05) is 24.3 Å². The fourth-order valence-corrected chi connectivity index (χ4v) is 2.59. The summed E-state index contributed by atoms with van der Waals surface area (Å²) in [4.78, 5) is 8.17. The summed E-state index contributed by atoms with van der Waals surface area (Å²) in [6, 6.07) is 7.90. The topological polar surface area (TPSA) is 55.6 Å². The molecule has 0 saturated carbocycles. The number of halogens is 1. The largest absolute Gasteiger partial charge is 0.377 e. The van der Waals surface area contributed by atoms with Gasteiger partial charge in [-0.1, -0.05) is 23.7 Å². The normalized spacial score (nSPS) is 10.6. The Labute approximate surface area is 118 Å². The average Bonchev–Trinajstić information content (AvgIpc) is 3.08. The molecule has 0 atom stereocenters. The molecule has 0 unspecified atom stereocenters. The SMILES string of the molecule is Clc1cnc(CNc2ccccc2-n2cncn2)s1. The third kappa shape index (κ3) is 2.74. The number of nitrogens with zero attached hydrogens (tertiary/aromatic N) is 4. The first kappa shape index (κ1) is 12.1. The van der Waals surface area contributed by atoms with Gasteiger partial charge in [-0.2, -0.15) is 5.10 Å². The third-order valence-corrected chi connectivity index (χ3v) is 3.64. The molecule has 3 rings (SSSR count). The van der Waals surface area contributed by atoms with Gasteiger partial charge in [-0.3, -0.25) is 0 Å². The molecular formula is C12H10ClN5S. The zero-order valence-corrected chi connectivity index (χ0v) is 11.4. The van der Waals surface area contributed by atoms with E-state index in [1.165, 1.54) is 17.7 Å². The van der Waals surface area contributed by atoms with E-state index in [4.69, 9.17) is 11.6 Å². The summed E-state index contributed by atoms with van der Waals surface area (Å²) in [5, 5.41) is 8.41. The summed E-state index contributed by atoms with van der Waals surface area (Å²) in [7, 11) is 0. The quantitative estimate of drug-likeness (QED) is 0.803. The van der Waals surface area contributed by atoms with Crippen LogP contribution in [0.1, 0.15) is 5.01 Å². The molecule has 2 aromatic heterocycles. The van der Waals surface area contributed by atoms with Gasteiger partial charge in [-0.15, -0.1) is 11.3 Å². The molecule has 0 amide bonds. The highest BCUT2D eigenvalue weighted by atomic mass is 35.5. The van der Waals surface area contributed by atoms with Crippen LogP contribution in [0, 0.1) is 0 Å². The third-order valence-electron chi connectivity index (χ3n) is 2.53. The summed E-state index contributed by atoms with van der Waals surface area (Å²) in [6.45, 7) is 0.628. The molecule has 0 aliphatic carbocycles. The number of hydrogen-bond acceptors (Lipinski definition) is 5. The Balaban J connectivity index is 1.81. The lowest BCUT2D eigenvalue weighted by atomic mass is 10.2. The van der Waals surface area contributed by atoms with E-state index < -0.39 is 0 Å². The van der Waals surface area contributed by atoms with Crippen molar-refractivity contribution in [3.63, 3.8) is 0 Å². The second kappa shape index (κ2) is 5.38. The monoisotopic (exact) mass is 291 g/mol. The lowest BCUT2D eigenvalue weighted by Crippen LogP contribution is -2.04. The second-order valence-corrected chi connectivity index (χ2v) is 5.52. The summed E-state index contributed by atoms with van der Waals surface area (Å²) in [5.41, 5.74) is 1.92. The molecule has 0 aliphatic heterocycles.